The summed E-state index contributed by atoms with van der Waals surface area (Å²) in [5, 5.41) is 9.60. The van der Waals surface area contributed by atoms with Crippen LogP contribution in [-0.4, -0.2) is 56.0 Å². The number of rotatable bonds is 4. The molecule has 0 aromatic heterocycles. The Morgan fingerprint density at radius 3 is 2.71 bits per heavy atom. The van der Waals surface area contributed by atoms with Crippen molar-refractivity contribution >= 4 is 6.09 Å². The van der Waals surface area contributed by atoms with E-state index in [4.69, 9.17) is 9.47 Å². The molecule has 1 aromatic carbocycles. The summed E-state index contributed by atoms with van der Waals surface area (Å²) in [6.45, 7) is 6.29. The first kappa shape index (κ1) is 15.4. The van der Waals surface area contributed by atoms with Crippen LogP contribution in [0, 0.1) is 0 Å². The van der Waals surface area contributed by atoms with E-state index in [1.54, 1.807) is 18.1 Å². The number of hydrogen-bond donors (Lipinski definition) is 2. The average Bonchev–Trinajstić information content (AvgIpc) is 2.50. The summed E-state index contributed by atoms with van der Waals surface area (Å²) in [7, 11) is 1.55. The number of methoxy groups -OCH3 is 1. The lowest BCUT2D eigenvalue weighted by Crippen LogP contribution is -3.13. The molecule has 21 heavy (non-hydrogen) atoms. The molecule has 1 aromatic rings. The maximum absolute atomic E-state index is 11.6. The second-order valence-electron chi connectivity index (χ2n) is 5.12. The number of amides is 1. The lowest BCUT2D eigenvalue weighted by atomic mass is 10.1. The number of nitrogens with zero attached hydrogens (tertiary/aromatic N) is 1. The van der Waals surface area contributed by atoms with Crippen LogP contribution in [-0.2, 0) is 11.3 Å². The Bertz CT molecular complexity index is 485. The molecule has 0 unspecified atom stereocenters. The monoisotopic (exact) mass is 295 g/mol. The van der Waals surface area contributed by atoms with Crippen molar-refractivity contribution in [3.8, 4) is 11.5 Å². The predicted molar refractivity (Wildman–Crippen MR) is 77.7 cm³/mol. The van der Waals surface area contributed by atoms with Gasteiger partial charge in [-0.15, -0.1) is 0 Å². The van der Waals surface area contributed by atoms with Crippen molar-refractivity contribution in [2.24, 2.45) is 0 Å². The minimum atomic E-state index is -0.220. The van der Waals surface area contributed by atoms with Gasteiger partial charge >= 0.3 is 6.09 Å². The molecule has 6 heteroatoms. The normalized spacial score (nSPS) is 15.8. The second-order valence-corrected chi connectivity index (χ2v) is 5.12. The van der Waals surface area contributed by atoms with Crippen LogP contribution < -0.4 is 9.64 Å². The van der Waals surface area contributed by atoms with Crippen molar-refractivity contribution in [3.63, 3.8) is 0 Å². The Kier molecular flexibility index (Phi) is 5.27. The Hall–Kier alpha value is -1.95. The van der Waals surface area contributed by atoms with Crippen LogP contribution in [0.5, 0.6) is 11.5 Å². The van der Waals surface area contributed by atoms with Crippen LogP contribution >= 0.6 is 0 Å². The van der Waals surface area contributed by atoms with Gasteiger partial charge < -0.3 is 19.5 Å². The Morgan fingerprint density at radius 1 is 1.38 bits per heavy atom. The zero-order chi connectivity index (χ0) is 15.2. The third-order valence-corrected chi connectivity index (χ3v) is 3.69. The molecular weight excluding hydrogens is 272 g/mol. The molecule has 6 nitrogen and oxygen atoms in total. The molecule has 0 atom stereocenters. The molecule has 0 radical (unpaired) electrons. The highest BCUT2D eigenvalue weighted by molar-refractivity contribution is 5.67. The number of carbonyl (C=O) groups is 1. The maximum Gasteiger partial charge on any atom is 0.410 e. The van der Waals surface area contributed by atoms with Gasteiger partial charge in [0.2, 0.25) is 0 Å². The third kappa shape index (κ3) is 4.01. The van der Waals surface area contributed by atoms with Crippen molar-refractivity contribution in [3.05, 3.63) is 23.8 Å². The molecule has 1 aliphatic rings. The van der Waals surface area contributed by atoms with Gasteiger partial charge in [-0.2, -0.15) is 0 Å². The average molecular weight is 295 g/mol. The van der Waals surface area contributed by atoms with Crippen LogP contribution in [0.15, 0.2) is 18.2 Å². The number of benzene rings is 1. The highest BCUT2D eigenvalue weighted by Gasteiger charge is 2.24. The molecule has 0 bridgehead atoms. The van der Waals surface area contributed by atoms with Gasteiger partial charge in [-0.05, 0) is 25.1 Å². The summed E-state index contributed by atoms with van der Waals surface area (Å²) in [4.78, 5) is 14.8. The fourth-order valence-electron chi connectivity index (χ4n) is 2.52. The van der Waals surface area contributed by atoms with Gasteiger partial charge in [0, 0.05) is 5.56 Å². The van der Waals surface area contributed by atoms with Crippen molar-refractivity contribution in [1.82, 2.24) is 4.90 Å². The number of phenols is 1. The van der Waals surface area contributed by atoms with E-state index in [-0.39, 0.29) is 11.8 Å². The molecule has 0 spiro atoms. The summed E-state index contributed by atoms with van der Waals surface area (Å²) < 4.78 is 10.1. The molecule has 1 fully saturated rings. The highest BCUT2D eigenvalue weighted by atomic mass is 16.6. The summed E-state index contributed by atoms with van der Waals surface area (Å²) >= 11 is 0. The lowest BCUT2D eigenvalue weighted by molar-refractivity contribution is -0.917. The smallest absolute Gasteiger partial charge is 0.410 e. The number of nitrogens with one attached hydrogen (secondary N) is 1. The molecule has 2 rings (SSSR count). The fourth-order valence-corrected chi connectivity index (χ4v) is 2.52. The number of quaternary nitrogens is 1. The molecular formula is C15H23N2O4+. The van der Waals surface area contributed by atoms with E-state index in [1.165, 1.54) is 4.90 Å². The van der Waals surface area contributed by atoms with E-state index < -0.39 is 0 Å². The van der Waals surface area contributed by atoms with E-state index >= 15 is 0 Å². The van der Waals surface area contributed by atoms with Crippen LogP contribution in [0.1, 0.15) is 12.5 Å². The lowest BCUT2D eigenvalue weighted by Gasteiger charge is -2.31. The maximum atomic E-state index is 11.6. The molecule has 1 aliphatic heterocycles. The first-order valence-corrected chi connectivity index (χ1v) is 7.25. The number of hydrogen-bond acceptors (Lipinski definition) is 4. The van der Waals surface area contributed by atoms with Crippen molar-refractivity contribution in [2.75, 3.05) is 39.9 Å². The van der Waals surface area contributed by atoms with Crippen LogP contribution in [0.2, 0.25) is 0 Å². The zero-order valence-electron chi connectivity index (χ0n) is 12.6. The molecule has 1 amide bonds. The van der Waals surface area contributed by atoms with Gasteiger partial charge in [0.1, 0.15) is 6.54 Å². The van der Waals surface area contributed by atoms with E-state index in [1.807, 2.05) is 19.1 Å². The number of aromatic hydroxyl groups is 1. The van der Waals surface area contributed by atoms with Crippen LogP contribution in [0.4, 0.5) is 4.79 Å². The number of carbonyl (C=O) groups excluding carboxylic acids is 1. The van der Waals surface area contributed by atoms with E-state index in [9.17, 15) is 9.90 Å². The molecule has 1 heterocycles. The minimum absolute atomic E-state index is 0.156. The van der Waals surface area contributed by atoms with Crippen molar-refractivity contribution in [1.29, 1.82) is 0 Å². The molecule has 116 valence electrons. The van der Waals surface area contributed by atoms with E-state index in [0.717, 1.165) is 25.2 Å². The topological polar surface area (TPSA) is 63.4 Å². The molecule has 0 aliphatic carbocycles. The fraction of sp³-hybridized carbons (Fsp3) is 0.533. The van der Waals surface area contributed by atoms with Gasteiger partial charge in [0.15, 0.2) is 11.5 Å². The van der Waals surface area contributed by atoms with Crippen LogP contribution in [0.25, 0.3) is 0 Å². The standard InChI is InChI=1S/C15H22N2O4/c1-3-21-15(19)17-8-6-16(7-9-17)11-12-4-5-13(18)14(10-12)20-2/h4-5,10,18H,3,6-9,11H2,1-2H3/p+1. The van der Waals surface area contributed by atoms with Gasteiger partial charge in [-0.3, -0.25) is 4.90 Å². The number of ether oxygens (including phenoxy) is 2. The number of piperazine rings is 1. The summed E-state index contributed by atoms with van der Waals surface area (Å²) in [6, 6.07) is 5.42. The van der Waals surface area contributed by atoms with Gasteiger partial charge in [0.05, 0.1) is 39.9 Å². The molecule has 1 saturated heterocycles. The largest absolute Gasteiger partial charge is 0.504 e. The van der Waals surface area contributed by atoms with Gasteiger partial charge in [-0.25, -0.2) is 4.79 Å². The summed E-state index contributed by atoms with van der Waals surface area (Å²) in [5.74, 6) is 0.653. The summed E-state index contributed by atoms with van der Waals surface area (Å²) in [5.41, 5.74) is 1.12. The van der Waals surface area contributed by atoms with Crippen molar-refractivity contribution < 1.29 is 24.3 Å². The van der Waals surface area contributed by atoms with Gasteiger partial charge in [-0.1, -0.05) is 0 Å². The van der Waals surface area contributed by atoms with E-state index in [0.29, 0.717) is 25.4 Å². The van der Waals surface area contributed by atoms with E-state index in [2.05, 4.69) is 0 Å². The van der Waals surface area contributed by atoms with Crippen LogP contribution in [0.3, 0.4) is 0 Å². The predicted octanol–water partition coefficient (Wildman–Crippen LogP) is 0.258. The Morgan fingerprint density at radius 2 is 2.10 bits per heavy atom. The first-order chi connectivity index (χ1) is 10.1. The SMILES string of the molecule is CCOC(=O)N1CC[NH+](Cc2ccc(O)c(OC)c2)CC1. The second kappa shape index (κ2) is 7.17. The Balaban J connectivity index is 1.87. The Labute approximate surface area is 124 Å². The number of phenolic OH excluding ortho intramolecular Hbond substituents is 1. The quantitative estimate of drug-likeness (QED) is 0.836. The molecule has 2 N–H and O–H groups in total. The summed E-state index contributed by atoms with van der Waals surface area (Å²) in [6.07, 6.45) is -0.220. The van der Waals surface area contributed by atoms with Gasteiger partial charge in [0.25, 0.3) is 0 Å². The minimum Gasteiger partial charge on any atom is -0.504 e. The van der Waals surface area contributed by atoms with Crippen molar-refractivity contribution in [2.45, 2.75) is 13.5 Å². The zero-order valence-corrected chi connectivity index (χ0v) is 12.6. The highest BCUT2D eigenvalue weighted by Crippen LogP contribution is 2.25. The first-order valence-electron chi connectivity index (χ1n) is 7.25. The third-order valence-electron chi connectivity index (χ3n) is 3.69. The molecule has 0 saturated carbocycles.